The van der Waals surface area contributed by atoms with Gasteiger partial charge in [0.2, 0.25) is 0 Å². The van der Waals surface area contributed by atoms with E-state index in [2.05, 4.69) is 34.6 Å². The highest BCUT2D eigenvalue weighted by molar-refractivity contribution is 4.81. The summed E-state index contributed by atoms with van der Waals surface area (Å²) in [5.74, 6) is 0.897. The number of ether oxygens (including phenoxy) is 1. The monoisotopic (exact) mass is 226 g/mol. The van der Waals surface area contributed by atoms with E-state index in [4.69, 9.17) is 4.74 Å². The Hall–Kier alpha value is -0.0400. The van der Waals surface area contributed by atoms with E-state index in [9.17, 15) is 0 Å². The number of rotatable bonds is 4. The lowest BCUT2D eigenvalue weighted by Crippen LogP contribution is -2.30. The molecule has 0 saturated heterocycles. The Morgan fingerprint density at radius 3 is 2.12 bits per heavy atom. The molecule has 0 aromatic carbocycles. The maximum Gasteiger partial charge on any atom is 0.0579 e. The lowest BCUT2D eigenvalue weighted by atomic mass is 9.72. The van der Waals surface area contributed by atoms with Crippen LogP contribution >= 0.6 is 0 Å². The van der Waals surface area contributed by atoms with Crippen LogP contribution in [0.15, 0.2) is 0 Å². The van der Waals surface area contributed by atoms with E-state index in [1.54, 1.807) is 0 Å². The van der Waals surface area contributed by atoms with Crippen LogP contribution in [0.25, 0.3) is 0 Å². The van der Waals surface area contributed by atoms with Crippen LogP contribution in [0.2, 0.25) is 0 Å². The summed E-state index contributed by atoms with van der Waals surface area (Å²) in [7, 11) is 0. The molecule has 0 N–H and O–H groups in total. The van der Waals surface area contributed by atoms with Gasteiger partial charge in [-0.2, -0.15) is 0 Å². The molecule has 0 aromatic rings. The zero-order valence-corrected chi connectivity index (χ0v) is 11.9. The molecule has 0 heterocycles. The van der Waals surface area contributed by atoms with Gasteiger partial charge in [-0.1, -0.05) is 34.1 Å². The normalized spacial score (nSPS) is 29.1. The van der Waals surface area contributed by atoms with E-state index in [1.807, 2.05) is 0 Å². The highest BCUT2D eigenvalue weighted by Crippen LogP contribution is 2.38. The molecule has 16 heavy (non-hydrogen) atoms. The van der Waals surface area contributed by atoms with Crippen molar-refractivity contribution in [2.75, 3.05) is 0 Å². The first-order valence-corrected chi connectivity index (χ1v) is 7.09. The fourth-order valence-corrected chi connectivity index (χ4v) is 2.87. The van der Waals surface area contributed by atoms with Crippen molar-refractivity contribution in [2.45, 2.75) is 85.4 Å². The van der Waals surface area contributed by atoms with Crippen molar-refractivity contribution in [3.8, 4) is 0 Å². The molecule has 1 rings (SSSR count). The van der Waals surface area contributed by atoms with Gasteiger partial charge in [0.05, 0.1) is 12.2 Å². The van der Waals surface area contributed by atoms with Crippen LogP contribution in [-0.2, 0) is 4.74 Å². The average molecular weight is 226 g/mol. The van der Waals surface area contributed by atoms with Crippen LogP contribution in [0, 0.1) is 11.3 Å². The summed E-state index contributed by atoms with van der Waals surface area (Å²) in [4.78, 5) is 0. The van der Waals surface area contributed by atoms with Crippen molar-refractivity contribution in [3.63, 3.8) is 0 Å². The van der Waals surface area contributed by atoms with Crippen LogP contribution in [-0.4, -0.2) is 12.2 Å². The minimum absolute atomic E-state index is 0.459. The van der Waals surface area contributed by atoms with Gasteiger partial charge in [0.1, 0.15) is 0 Å². The summed E-state index contributed by atoms with van der Waals surface area (Å²) >= 11 is 0. The molecule has 1 saturated carbocycles. The average Bonchev–Trinajstić information content (AvgIpc) is 2.17. The molecule has 1 aliphatic carbocycles. The van der Waals surface area contributed by atoms with Gasteiger partial charge in [-0.25, -0.2) is 0 Å². The van der Waals surface area contributed by atoms with Gasteiger partial charge in [0.15, 0.2) is 0 Å². The van der Waals surface area contributed by atoms with E-state index < -0.39 is 0 Å². The molecule has 1 heteroatoms. The van der Waals surface area contributed by atoms with Gasteiger partial charge in [0, 0.05) is 0 Å². The van der Waals surface area contributed by atoms with Crippen molar-refractivity contribution in [2.24, 2.45) is 11.3 Å². The van der Waals surface area contributed by atoms with E-state index in [-0.39, 0.29) is 0 Å². The summed E-state index contributed by atoms with van der Waals surface area (Å²) in [5, 5.41) is 0. The lowest BCUT2D eigenvalue weighted by molar-refractivity contribution is -0.0398. The molecule has 1 aliphatic rings. The second-order valence-electron chi connectivity index (χ2n) is 6.58. The molecule has 1 unspecified atom stereocenters. The van der Waals surface area contributed by atoms with Gasteiger partial charge in [-0.3, -0.25) is 0 Å². The van der Waals surface area contributed by atoms with Crippen molar-refractivity contribution in [3.05, 3.63) is 0 Å². The molecule has 1 atom stereocenters. The van der Waals surface area contributed by atoms with E-state index in [1.165, 1.54) is 38.5 Å². The van der Waals surface area contributed by atoms with Gasteiger partial charge in [-0.15, -0.1) is 0 Å². The van der Waals surface area contributed by atoms with E-state index >= 15 is 0 Å². The summed E-state index contributed by atoms with van der Waals surface area (Å²) in [6, 6.07) is 0. The zero-order chi connectivity index (χ0) is 12.2. The second kappa shape index (κ2) is 6.05. The molecular weight excluding hydrogens is 196 g/mol. The summed E-state index contributed by atoms with van der Waals surface area (Å²) in [5.41, 5.74) is 0.486. The Labute approximate surface area is 102 Å². The Morgan fingerprint density at radius 1 is 1.12 bits per heavy atom. The minimum Gasteiger partial charge on any atom is -0.375 e. The molecule has 0 spiro atoms. The first-order chi connectivity index (χ1) is 7.43. The van der Waals surface area contributed by atoms with Crippen LogP contribution in [0.1, 0.15) is 73.1 Å². The predicted molar refractivity (Wildman–Crippen MR) is 70.7 cm³/mol. The largest absolute Gasteiger partial charge is 0.375 e. The maximum absolute atomic E-state index is 6.09. The van der Waals surface area contributed by atoms with Crippen LogP contribution < -0.4 is 0 Å². The third-order valence-electron chi connectivity index (χ3n) is 4.02. The molecule has 0 amide bonds. The third-order valence-corrected chi connectivity index (χ3v) is 4.02. The van der Waals surface area contributed by atoms with E-state index in [0.717, 1.165) is 5.92 Å². The first kappa shape index (κ1) is 14.0. The summed E-state index contributed by atoms with van der Waals surface area (Å²) in [6.07, 6.45) is 8.70. The Morgan fingerprint density at radius 2 is 1.69 bits per heavy atom. The van der Waals surface area contributed by atoms with Gasteiger partial charge in [0.25, 0.3) is 0 Å². The number of hydrogen-bond donors (Lipinski definition) is 0. The van der Waals surface area contributed by atoms with Crippen LogP contribution in [0.5, 0.6) is 0 Å². The Kier molecular flexibility index (Phi) is 5.30. The van der Waals surface area contributed by atoms with E-state index in [0.29, 0.717) is 17.6 Å². The standard InChI is InChI=1S/C15H30O/c1-6-7-12(2)16-14-10-8-13(9-11-14)15(3,4)5/h12-14H,6-11H2,1-5H3. The molecule has 0 aromatic heterocycles. The van der Waals surface area contributed by atoms with Gasteiger partial charge in [-0.05, 0) is 50.4 Å². The van der Waals surface area contributed by atoms with Crippen LogP contribution in [0.4, 0.5) is 0 Å². The molecule has 1 fully saturated rings. The topological polar surface area (TPSA) is 9.23 Å². The fraction of sp³-hybridized carbons (Fsp3) is 1.00. The van der Waals surface area contributed by atoms with Crippen molar-refractivity contribution < 1.29 is 4.74 Å². The maximum atomic E-state index is 6.09. The lowest BCUT2D eigenvalue weighted by Gasteiger charge is -2.37. The first-order valence-electron chi connectivity index (χ1n) is 7.09. The molecule has 0 aliphatic heterocycles. The van der Waals surface area contributed by atoms with Crippen molar-refractivity contribution in [1.29, 1.82) is 0 Å². The Bertz CT molecular complexity index is 184. The van der Waals surface area contributed by atoms with Gasteiger partial charge < -0.3 is 4.74 Å². The molecule has 1 nitrogen and oxygen atoms in total. The van der Waals surface area contributed by atoms with Gasteiger partial charge >= 0.3 is 0 Å². The highest BCUT2D eigenvalue weighted by Gasteiger charge is 2.30. The highest BCUT2D eigenvalue weighted by atomic mass is 16.5. The smallest absolute Gasteiger partial charge is 0.0579 e. The SMILES string of the molecule is CCCC(C)OC1CCC(C(C)(C)C)CC1. The van der Waals surface area contributed by atoms with Crippen LogP contribution in [0.3, 0.4) is 0 Å². The minimum atomic E-state index is 0.459. The predicted octanol–water partition coefficient (Wildman–Crippen LogP) is 4.80. The molecule has 0 bridgehead atoms. The summed E-state index contributed by atoms with van der Waals surface area (Å²) < 4.78 is 6.09. The molecular formula is C15H30O. The zero-order valence-electron chi connectivity index (χ0n) is 11.9. The molecule has 0 radical (unpaired) electrons. The van der Waals surface area contributed by atoms with Crippen molar-refractivity contribution in [1.82, 2.24) is 0 Å². The summed E-state index contributed by atoms with van der Waals surface area (Å²) in [6.45, 7) is 11.6. The molecule has 96 valence electrons. The second-order valence-corrected chi connectivity index (χ2v) is 6.58. The number of hydrogen-bond acceptors (Lipinski definition) is 1. The Balaban J connectivity index is 2.27. The third kappa shape index (κ3) is 4.45. The quantitative estimate of drug-likeness (QED) is 0.669. The fourth-order valence-electron chi connectivity index (χ4n) is 2.87. The van der Waals surface area contributed by atoms with Crippen molar-refractivity contribution >= 4 is 0 Å².